The number of rotatable bonds is 0. The van der Waals surface area contributed by atoms with Crippen molar-refractivity contribution >= 4 is 0 Å². The molecule has 0 spiro atoms. The van der Waals surface area contributed by atoms with Gasteiger partial charge >= 0.3 is 0 Å². The van der Waals surface area contributed by atoms with Crippen LogP contribution in [0, 0.1) is 5.92 Å². The average molecular weight is 164 g/mol. The molecular weight excluding hydrogens is 146 g/mol. The van der Waals surface area contributed by atoms with E-state index in [1.165, 1.54) is 0 Å². The predicted octanol–water partition coefficient (Wildman–Crippen LogP) is 3.86. The predicted molar refractivity (Wildman–Crippen MR) is 43.9 cm³/mol. The van der Waals surface area contributed by atoms with Crippen LogP contribution in [0.1, 0.15) is 46.5 Å². The lowest BCUT2D eigenvalue weighted by molar-refractivity contribution is -0.0438. The molecule has 1 aliphatic rings. The number of alkyl halides is 2. The molecule has 0 atom stereocenters. The van der Waals surface area contributed by atoms with Crippen LogP contribution in [0.3, 0.4) is 0 Å². The van der Waals surface area contributed by atoms with E-state index in [-0.39, 0.29) is 12.8 Å². The van der Waals surface area contributed by atoms with Gasteiger partial charge in [0.2, 0.25) is 5.92 Å². The largest absolute Gasteiger partial charge is 0.248 e. The first-order chi connectivity index (χ1) is 5.10. The lowest BCUT2D eigenvalue weighted by atomic mass is 9.88. The number of hydrogen-bond donors (Lipinski definition) is 0. The fraction of sp³-hybridized carbons (Fsp3) is 1.00. The third kappa shape index (κ3) is 4.33. The Morgan fingerprint density at radius 3 is 1.73 bits per heavy atom. The van der Waals surface area contributed by atoms with Crippen molar-refractivity contribution in [3.8, 4) is 0 Å². The Balaban J connectivity index is 0.000000461. The van der Waals surface area contributed by atoms with Gasteiger partial charge in [0.15, 0.2) is 0 Å². The van der Waals surface area contributed by atoms with E-state index in [2.05, 4.69) is 0 Å². The topological polar surface area (TPSA) is 0 Å². The molecule has 0 amide bonds. The molecule has 1 aliphatic carbocycles. The van der Waals surface area contributed by atoms with Crippen LogP contribution in [0.2, 0.25) is 0 Å². The van der Waals surface area contributed by atoms with E-state index in [9.17, 15) is 8.78 Å². The van der Waals surface area contributed by atoms with Crippen molar-refractivity contribution < 1.29 is 8.78 Å². The van der Waals surface area contributed by atoms with Crippen LogP contribution in [0.25, 0.3) is 0 Å². The fourth-order valence-electron chi connectivity index (χ4n) is 1.18. The van der Waals surface area contributed by atoms with Crippen LogP contribution < -0.4 is 0 Å². The minimum atomic E-state index is -2.34. The van der Waals surface area contributed by atoms with Crippen LogP contribution >= 0.6 is 0 Å². The number of hydrogen-bond acceptors (Lipinski definition) is 0. The summed E-state index contributed by atoms with van der Waals surface area (Å²) in [6.07, 6.45) is 1.61. The van der Waals surface area contributed by atoms with Gasteiger partial charge in [-0.15, -0.1) is 0 Å². The second-order valence-corrected chi connectivity index (χ2v) is 3.04. The molecule has 1 fully saturated rings. The van der Waals surface area contributed by atoms with Crippen LogP contribution in [0.15, 0.2) is 0 Å². The van der Waals surface area contributed by atoms with Gasteiger partial charge in [-0.25, -0.2) is 8.78 Å². The van der Waals surface area contributed by atoms with Crippen molar-refractivity contribution in [1.82, 2.24) is 0 Å². The lowest BCUT2D eigenvalue weighted by Gasteiger charge is -2.25. The van der Waals surface area contributed by atoms with Crippen molar-refractivity contribution in [3.63, 3.8) is 0 Å². The summed E-state index contributed by atoms with van der Waals surface area (Å²) in [7, 11) is 0. The molecule has 1 rings (SSSR count). The van der Waals surface area contributed by atoms with Gasteiger partial charge in [0.05, 0.1) is 0 Å². The molecule has 1 saturated carbocycles. The highest BCUT2D eigenvalue weighted by molar-refractivity contribution is 4.74. The van der Waals surface area contributed by atoms with E-state index in [1.807, 2.05) is 20.8 Å². The summed E-state index contributed by atoms with van der Waals surface area (Å²) < 4.78 is 24.8. The molecule has 0 aromatic heterocycles. The van der Waals surface area contributed by atoms with Crippen molar-refractivity contribution in [2.75, 3.05) is 0 Å². The summed E-state index contributed by atoms with van der Waals surface area (Å²) in [5.41, 5.74) is 0. The minimum Gasteiger partial charge on any atom is -0.207 e. The molecule has 0 aromatic rings. The fourth-order valence-corrected chi connectivity index (χ4v) is 1.18. The highest BCUT2D eigenvalue weighted by Gasteiger charge is 2.32. The summed E-state index contributed by atoms with van der Waals surface area (Å²) >= 11 is 0. The van der Waals surface area contributed by atoms with E-state index >= 15 is 0 Å². The molecule has 0 bridgehead atoms. The van der Waals surface area contributed by atoms with Gasteiger partial charge < -0.3 is 0 Å². The summed E-state index contributed by atoms with van der Waals surface area (Å²) in [6, 6.07) is 0. The quantitative estimate of drug-likeness (QED) is 0.510. The van der Waals surface area contributed by atoms with Gasteiger partial charge in [-0.2, -0.15) is 0 Å². The Morgan fingerprint density at radius 1 is 1.09 bits per heavy atom. The molecule has 0 aromatic carbocycles. The first kappa shape index (κ1) is 10.9. The second kappa shape index (κ2) is 4.68. The van der Waals surface area contributed by atoms with Crippen LogP contribution in [-0.2, 0) is 0 Å². The van der Waals surface area contributed by atoms with Gasteiger partial charge in [-0.1, -0.05) is 20.8 Å². The first-order valence-electron chi connectivity index (χ1n) is 4.48. The van der Waals surface area contributed by atoms with E-state index in [4.69, 9.17) is 0 Å². The van der Waals surface area contributed by atoms with Gasteiger partial charge in [0.25, 0.3) is 0 Å². The summed E-state index contributed by atoms with van der Waals surface area (Å²) in [5.74, 6) is -1.82. The Hall–Kier alpha value is -0.140. The molecule has 0 saturated heterocycles. The van der Waals surface area contributed by atoms with Gasteiger partial charge in [0.1, 0.15) is 0 Å². The van der Waals surface area contributed by atoms with Crippen LogP contribution in [0.4, 0.5) is 8.78 Å². The standard InChI is InChI=1S/C7H12F2.C2H6/c1-6-2-4-7(8,9)5-3-6;1-2/h6H,2-5H2,1H3;1-2H3. The first-order valence-corrected chi connectivity index (χ1v) is 4.48. The Morgan fingerprint density at radius 2 is 1.45 bits per heavy atom. The van der Waals surface area contributed by atoms with E-state index < -0.39 is 5.92 Å². The van der Waals surface area contributed by atoms with E-state index in [0.717, 1.165) is 0 Å². The zero-order valence-corrected chi connectivity index (χ0v) is 7.66. The maximum Gasteiger partial charge on any atom is 0.248 e. The molecule has 0 aliphatic heterocycles. The third-order valence-corrected chi connectivity index (χ3v) is 2.01. The highest BCUT2D eigenvalue weighted by Crippen LogP contribution is 2.35. The second-order valence-electron chi connectivity index (χ2n) is 3.04. The van der Waals surface area contributed by atoms with Gasteiger partial charge in [-0.05, 0) is 18.8 Å². The molecule has 0 radical (unpaired) electrons. The monoisotopic (exact) mass is 164 g/mol. The van der Waals surface area contributed by atoms with Crippen LogP contribution in [-0.4, -0.2) is 5.92 Å². The highest BCUT2D eigenvalue weighted by atomic mass is 19.3. The third-order valence-electron chi connectivity index (χ3n) is 2.01. The molecule has 11 heavy (non-hydrogen) atoms. The zero-order chi connectivity index (χ0) is 8.91. The smallest absolute Gasteiger partial charge is 0.207 e. The zero-order valence-electron chi connectivity index (χ0n) is 7.66. The van der Waals surface area contributed by atoms with Gasteiger partial charge in [0, 0.05) is 12.8 Å². The van der Waals surface area contributed by atoms with E-state index in [1.54, 1.807) is 0 Å². The Kier molecular flexibility index (Phi) is 4.62. The minimum absolute atomic E-state index is 0.105. The molecular formula is C9H18F2. The number of halogens is 2. The van der Waals surface area contributed by atoms with Crippen molar-refractivity contribution in [3.05, 3.63) is 0 Å². The van der Waals surface area contributed by atoms with Crippen molar-refractivity contribution in [2.24, 2.45) is 5.92 Å². The summed E-state index contributed by atoms with van der Waals surface area (Å²) in [4.78, 5) is 0. The summed E-state index contributed by atoms with van der Waals surface area (Å²) in [6.45, 7) is 6.04. The Labute approximate surface area is 68.0 Å². The molecule has 68 valence electrons. The molecule has 0 heterocycles. The maximum atomic E-state index is 12.4. The van der Waals surface area contributed by atoms with E-state index in [0.29, 0.717) is 18.8 Å². The van der Waals surface area contributed by atoms with Crippen LogP contribution in [0.5, 0.6) is 0 Å². The molecule has 0 N–H and O–H groups in total. The molecule has 2 heteroatoms. The Bertz CT molecular complexity index is 89.7. The summed E-state index contributed by atoms with van der Waals surface area (Å²) in [5, 5.41) is 0. The van der Waals surface area contributed by atoms with Crippen molar-refractivity contribution in [1.29, 1.82) is 0 Å². The van der Waals surface area contributed by atoms with Crippen molar-refractivity contribution in [2.45, 2.75) is 52.4 Å². The SMILES string of the molecule is CC.CC1CCC(F)(F)CC1. The molecule has 0 unspecified atom stereocenters. The average Bonchev–Trinajstić information content (AvgIpc) is 2.00. The van der Waals surface area contributed by atoms with Gasteiger partial charge in [-0.3, -0.25) is 0 Å². The molecule has 0 nitrogen and oxygen atoms in total. The lowest BCUT2D eigenvalue weighted by Crippen LogP contribution is -2.23. The maximum absolute atomic E-state index is 12.4. The normalized spacial score (nSPS) is 23.7.